The summed E-state index contributed by atoms with van der Waals surface area (Å²) in [5.41, 5.74) is 1.18. The van der Waals surface area contributed by atoms with Gasteiger partial charge in [-0.3, -0.25) is 4.79 Å². The lowest BCUT2D eigenvalue weighted by Crippen LogP contribution is -2.33. The molecule has 1 heterocycles. The Labute approximate surface area is 144 Å². The number of ether oxygens (including phenoxy) is 1. The van der Waals surface area contributed by atoms with E-state index in [1.54, 1.807) is 12.1 Å². The van der Waals surface area contributed by atoms with E-state index in [-0.39, 0.29) is 10.8 Å². The van der Waals surface area contributed by atoms with Crippen molar-refractivity contribution < 1.29 is 23.8 Å². The molecule has 7 heteroatoms. The predicted molar refractivity (Wildman–Crippen MR) is 88.7 cm³/mol. The summed E-state index contributed by atoms with van der Waals surface area (Å²) in [5.74, 6) is -0.611. The highest BCUT2D eigenvalue weighted by atomic mass is 35.5. The van der Waals surface area contributed by atoms with Crippen LogP contribution in [0.4, 0.5) is 0 Å². The number of nitrogens with one attached hydrogen (secondary N) is 1. The lowest BCUT2D eigenvalue weighted by atomic mass is 10.1. The molecule has 1 aromatic heterocycles. The monoisotopic (exact) mass is 351 g/mol. The van der Waals surface area contributed by atoms with Crippen LogP contribution in [0.25, 0.3) is 0 Å². The van der Waals surface area contributed by atoms with Crippen LogP contribution in [-0.4, -0.2) is 24.1 Å². The number of furan rings is 1. The van der Waals surface area contributed by atoms with Crippen LogP contribution in [0.2, 0.25) is 5.02 Å². The SMILES string of the molecule is CCc1oc(C(=O)NC(C(=O)O)c2ccc(OC)c(Cl)c2)cc1C. The topological polar surface area (TPSA) is 88.8 Å². The molecule has 0 bridgehead atoms. The number of benzene rings is 1. The molecule has 1 atom stereocenters. The third-order valence-electron chi connectivity index (χ3n) is 3.60. The molecule has 0 fully saturated rings. The van der Waals surface area contributed by atoms with E-state index in [9.17, 15) is 14.7 Å². The number of carboxylic acid groups (broad SMARTS) is 1. The fraction of sp³-hybridized carbons (Fsp3) is 0.294. The van der Waals surface area contributed by atoms with Crippen molar-refractivity contribution in [2.24, 2.45) is 0 Å². The van der Waals surface area contributed by atoms with Crippen molar-refractivity contribution in [1.29, 1.82) is 0 Å². The van der Waals surface area contributed by atoms with Gasteiger partial charge in [-0.15, -0.1) is 0 Å². The molecular formula is C17H18ClNO5. The van der Waals surface area contributed by atoms with E-state index in [1.807, 2.05) is 13.8 Å². The summed E-state index contributed by atoms with van der Waals surface area (Å²) < 4.78 is 10.5. The number of carbonyl (C=O) groups is 2. The standard InChI is InChI=1S/C17H18ClNO5/c1-4-12-9(2)7-14(24-12)16(20)19-15(17(21)22)10-5-6-13(23-3)11(18)8-10/h5-8,15H,4H2,1-3H3,(H,19,20)(H,21,22). The molecule has 0 aliphatic rings. The molecule has 0 saturated heterocycles. The molecule has 1 amide bonds. The van der Waals surface area contributed by atoms with Gasteiger partial charge in [0.2, 0.25) is 0 Å². The largest absolute Gasteiger partial charge is 0.495 e. The van der Waals surface area contributed by atoms with Crippen LogP contribution in [0.15, 0.2) is 28.7 Å². The Bertz CT molecular complexity index is 768. The zero-order valence-electron chi connectivity index (χ0n) is 13.6. The van der Waals surface area contributed by atoms with Crippen molar-refractivity contribution in [2.75, 3.05) is 7.11 Å². The molecule has 0 radical (unpaired) electrons. The van der Waals surface area contributed by atoms with Gasteiger partial charge in [0.05, 0.1) is 12.1 Å². The average Bonchev–Trinajstić information content (AvgIpc) is 2.93. The maximum atomic E-state index is 12.3. The first kappa shape index (κ1) is 17.9. The van der Waals surface area contributed by atoms with Gasteiger partial charge in [0, 0.05) is 6.42 Å². The maximum absolute atomic E-state index is 12.3. The predicted octanol–water partition coefficient (Wildman–Crippen LogP) is 3.37. The third kappa shape index (κ3) is 3.71. The van der Waals surface area contributed by atoms with Gasteiger partial charge in [0.1, 0.15) is 11.5 Å². The van der Waals surface area contributed by atoms with Gasteiger partial charge in [-0.1, -0.05) is 24.6 Å². The molecule has 0 spiro atoms. The number of halogens is 1. The van der Waals surface area contributed by atoms with E-state index in [4.69, 9.17) is 20.8 Å². The summed E-state index contributed by atoms with van der Waals surface area (Å²) in [7, 11) is 1.46. The minimum absolute atomic E-state index is 0.0789. The summed E-state index contributed by atoms with van der Waals surface area (Å²) in [5, 5.41) is 12.1. The van der Waals surface area contributed by atoms with Crippen molar-refractivity contribution in [3.8, 4) is 5.75 Å². The van der Waals surface area contributed by atoms with E-state index in [1.165, 1.54) is 19.2 Å². The van der Waals surface area contributed by atoms with Gasteiger partial charge in [-0.25, -0.2) is 4.79 Å². The second-order valence-electron chi connectivity index (χ2n) is 5.21. The number of methoxy groups -OCH3 is 1. The second-order valence-corrected chi connectivity index (χ2v) is 5.62. The lowest BCUT2D eigenvalue weighted by Gasteiger charge is -2.15. The van der Waals surface area contributed by atoms with Crippen LogP contribution in [-0.2, 0) is 11.2 Å². The van der Waals surface area contributed by atoms with Crippen LogP contribution in [0.3, 0.4) is 0 Å². The van der Waals surface area contributed by atoms with Gasteiger partial charge in [-0.2, -0.15) is 0 Å². The first-order valence-electron chi connectivity index (χ1n) is 7.33. The van der Waals surface area contributed by atoms with Crippen LogP contribution in [0, 0.1) is 6.92 Å². The number of carbonyl (C=O) groups excluding carboxylic acids is 1. The Morgan fingerprint density at radius 2 is 2.08 bits per heavy atom. The van der Waals surface area contributed by atoms with Gasteiger partial charge < -0.3 is 19.6 Å². The van der Waals surface area contributed by atoms with E-state index in [0.717, 1.165) is 5.56 Å². The molecule has 6 nitrogen and oxygen atoms in total. The highest BCUT2D eigenvalue weighted by Gasteiger charge is 2.25. The van der Waals surface area contributed by atoms with Gasteiger partial charge in [-0.05, 0) is 36.2 Å². The Morgan fingerprint density at radius 1 is 1.38 bits per heavy atom. The molecule has 0 saturated carbocycles. The van der Waals surface area contributed by atoms with E-state index < -0.39 is 17.9 Å². The van der Waals surface area contributed by atoms with Crippen LogP contribution in [0.1, 0.15) is 40.4 Å². The smallest absolute Gasteiger partial charge is 0.330 e. The zero-order valence-corrected chi connectivity index (χ0v) is 14.3. The van der Waals surface area contributed by atoms with Crippen LogP contribution in [0.5, 0.6) is 5.75 Å². The zero-order chi connectivity index (χ0) is 17.9. The number of hydrogen-bond donors (Lipinski definition) is 2. The number of carboxylic acids is 1. The number of hydrogen-bond acceptors (Lipinski definition) is 4. The Hall–Kier alpha value is -2.47. The number of amides is 1. The van der Waals surface area contributed by atoms with Crippen LogP contribution >= 0.6 is 11.6 Å². The fourth-order valence-electron chi connectivity index (χ4n) is 2.33. The maximum Gasteiger partial charge on any atom is 0.330 e. The van der Waals surface area contributed by atoms with Crippen molar-refractivity contribution in [3.05, 3.63) is 51.9 Å². The quantitative estimate of drug-likeness (QED) is 0.833. The Morgan fingerprint density at radius 3 is 2.58 bits per heavy atom. The summed E-state index contributed by atoms with van der Waals surface area (Å²) >= 11 is 6.03. The van der Waals surface area contributed by atoms with E-state index >= 15 is 0 Å². The molecule has 0 aliphatic heterocycles. The third-order valence-corrected chi connectivity index (χ3v) is 3.89. The van der Waals surface area contributed by atoms with Crippen molar-refractivity contribution >= 4 is 23.5 Å². The molecular weight excluding hydrogens is 334 g/mol. The molecule has 0 aliphatic carbocycles. The highest BCUT2D eigenvalue weighted by molar-refractivity contribution is 6.32. The number of aryl methyl sites for hydroxylation is 2. The minimum atomic E-state index is -1.25. The minimum Gasteiger partial charge on any atom is -0.495 e. The molecule has 24 heavy (non-hydrogen) atoms. The average molecular weight is 352 g/mol. The second kappa shape index (κ2) is 7.40. The summed E-state index contributed by atoms with van der Waals surface area (Å²) in [6.45, 7) is 3.74. The highest BCUT2D eigenvalue weighted by Crippen LogP contribution is 2.28. The molecule has 2 rings (SSSR count). The summed E-state index contributed by atoms with van der Waals surface area (Å²) in [6, 6.07) is 4.87. The first-order chi connectivity index (χ1) is 11.4. The Balaban J connectivity index is 2.26. The van der Waals surface area contributed by atoms with Crippen molar-refractivity contribution in [1.82, 2.24) is 5.32 Å². The number of aliphatic carboxylic acids is 1. The van der Waals surface area contributed by atoms with E-state index in [0.29, 0.717) is 23.5 Å². The molecule has 128 valence electrons. The number of rotatable bonds is 6. The fourth-order valence-corrected chi connectivity index (χ4v) is 2.60. The van der Waals surface area contributed by atoms with Crippen LogP contribution < -0.4 is 10.1 Å². The van der Waals surface area contributed by atoms with Gasteiger partial charge in [0.25, 0.3) is 5.91 Å². The molecule has 2 aromatic rings. The molecule has 1 aromatic carbocycles. The van der Waals surface area contributed by atoms with Gasteiger partial charge >= 0.3 is 5.97 Å². The molecule has 1 unspecified atom stereocenters. The lowest BCUT2D eigenvalue weighted by molar-refractivity contribution is -0.139. The first-order valence-corrected chi connectivity index (χ1v) is 7.71. The van der Waals surface area contributed by atoms with Gasteiger partial charge in [0.15, 0.2) is 11.8 Å². The van der Waals surface area contributed by atoms with Crippen molar-refractivity contribution in [3.63, 3.8) is 0 Å². The summed E-state index contributed by atoms with van der Waals surface area (Å²) in [4.78, 5) is 23.8. The molecule has 2 N–H and O–H groups in total. The van der Waals surface area contributed by atoms with Crippen molar-refractivity contribution in [2.45, 2.75) is 26.3 Å². The summed E-state index contributed by atoms with van der Waals surface area (Å²) in [6.07, 6.45) is 0.648. The Kier molecular flexibility index (Phi) is 5.51. The normalized spacial score (nSPS) is 11.8. The van der Waals surface area contributed by atoms with E-state index in [2.05, 4.69) is 5.32 Å².